The number of hydrogen-bond acceptors (Lipinski definition) is 2. The van der Waals surface area contributed by atoms with Crippen LogP contribution in [0.25, 0.3) is 0 Å². The van der Waals surface area contributed by atoms with Crippen molar-refractivity contribution < 1.29 is 4.79 Å². The average molecular weight is 547 g/mol. The fourth-order valence-electron chi connectivity index (χ4n) is 4.50. The van der Waals surface area contributed by atoms with E-state index in [1.807, 2.05) is 23.1 Å². The van der Waals surface area contributed by atoms with Crippen molar-refractivity contribution >= 4 is 41.7 Å². The Morgan fingerprint density at radius 2 is 1.75 bits per heavy atom. The van der Waals surface area contributed by atoms with Crippen LogP contribution in [0, 0.1) is 0 Å². The summed E-state index contributed by atoms with van der Waals surface area (Å²) in [4.78, 5) is 18.6. The van der Waals surface area contributed by atoms with E-state index in [0.717, 1.165) is 49.7 Å². The molecule has 2 aliphatic rings. The first kappa shape index (κ1) is 24.4. The van der Waals surface area contributed by atoms with Crippen LogP contribution in [0.4, 0.5) is 10.5 Å². The topological polar surface area (TPSA) is 68.8 Å². The Morgan fingerprint density at radius 1 is 1.00 bits per heavy atom. The van der Waals surface area contributed by atoms with E-state index in [4.69, 9.17) is 0 Å². The molecule has 0 unspecified atom stereocenters. The molecule has 2 amide bonds. The molecule has 2 aromatic carbocycles. The van der Waals surface area contributed by atoms with Crippen molar-refractivity contribution in [3.05, 3.63) is 65.7 Å². The molecule has 172 valence electrons. The SMILES string of the molecule is CN=C(NCc1cccc(NC(=O)N2CCCC2)c1)NCC1(c2ccccc2)CCC1.I. The third-order valence-corrected chi connectivity index (χ3v) is 6.55. The lowest BCUT2D eigenvalue weighted by atomic mass is 9.64. The van der Waals surface area contributed by atoms with Gasteiger partial charge in [-0.05, 0) is 48.9 Å². The van der Waals surface area contributed by atoms with E-state index in [0.29, 0.717) is 6.54 Å². The number of carbonyl (C=O) groups excluding carboxylic acids is 1. The highest BCUT2D eigenvalue weighted by molar-refractivity contribution is 14.0. The van der Waals surface area contributed by atoms with Crippen LogP contribution in [0.5, 0.6) is 0 Å². The fourth-order valence-corrected chi connectivity index (χ4v) is 4.50. The molecule has 1 aliphatic carbocycles. The molecule has 32 heavy (non-hydrogen) atoms. The van der Waals surface area contributed by atoms with Crippen molar-refractivity contribution in [1.82, 2.24) is 15.5 Å². The first-order valence-electron chi connectivity index (χ1n) is 11.3. The van der Waals surface area contributed by atoms with Crippen LogP contribution >= 0.6 is 24.0 Å². The number of likely N-dealkylation sites (tertiary alicyclic amines) is 1. The van der Waals surface area contributed by atoms with Crippen LogP contribution in [0.2, 0.25) is 0 Å². The number of carbonyl (C=O) groups is 1. The van der Waals surface area contributed by atoms with Crippen molar-refractivity contribution in [3.63, 3.8) is 0 Å². The Labute approximate surface area is 208 Å². The van der Waals surface area contributed by atoms with Crippen molar-refractivity contribution in [1.29, 1.82) is 0 Å². The zero-order chi connectivity index (χ0) is 21.5. The average Bonchev–Trinajstić information content (AvgIpc) is 3.31. The lowest BCUT2D eigenvalue weighted by Crippen LogP contribution is -2.48. The second kappa shape index (κ2) is 11.5. The number of nitrogens with zero attached hydrogens (tertiary/aromatic N) is 2. The summed E-state index contributed by atoms with van der Waals surface area (Å²) in [5.74, 6) is 0.800. The Morgan fingerprint density at radius 3 is 2.41 bits per heavy atom. The number of rotatable bonds is 6. The van der Waals surface area contributed by atoms with Crippen molar-refractivity contribution in [2.24, 2.45) is 4.99 Å². The van der Waals surface area contributed by atoms with E-state index in [-0.39, 0.29) is 35.4 Å². The number of anilines is 1. The first-order valence-corrected chi connectivity index (χ1v) is 11.3. The van der Waals surface area contributed by atoms with Gasteiger partial charge in [0.2, 0.25) is 0 Å². The molecule has 3 N–H and O–H groups in total. The summed E-state index contributed by atoms with van der Waals surface area (Å²) >= 11 is 0. The highest BCUT2D eigenvalue weighted by Gasteiger charge is 2.38. The summed E-state index contributed by atoms with van der Waals surface area (Å²) in [5, 5.41) is 9.95. The zero-order valence-electron chi connectivity index (χ0n) is 18.8. The Bertz CT molecular complexity index is 908. The molecule has 0 radical (unpaired) electrons. The van der Waals surface area contributed by atoms with Gasteiger partial charge in [-0.25, -0.2) is 4.79 Å². The van der Waals surface area contributed by atoms with Gasteiger partial charge in [0.15, 0.2) is 5.96 Å². The van der Waals surface area contributed by atoms with Gasteiger partial charge in [-0.3, -0.25) is 4.99 Å². The van der Waals surface area contributed by atoms with Gasteiger partial charge in [0.05, 0.1) is 0 Å². The summed E-state index contributed by atoms with van der Waals surface area (Å²) in [5.41, 5.74) is 3.55. The van der Waals surface area contributed by atoms with Gasteiger partial charge in [-0.1, -0.05) is 48.9 Å². The molecule has 1 aliphatic heterocycles. The molecule has 0 spiro atoms. The van der Waals surface area contributed by atoms with E-state index in [2.05, 4.69) is 57.3 Å². The predicted octanol–water partition coefficient (Wildman–Crippen LogP) is 4.72. The van der Waals surface area contributed by atoms with Gasteiger partial charge < -0.3 is 20.9 Å². The summed E-state index contributed by atoms with van der Waals surface area (Å²) < 4.78 is 0. The van der Waals surface area contributed by atoms with E-state index >= 15 is 0 Å². The smallest absolute Gasteiger partial charge is 0.321 e. The van der Waals surface area contributed by atoms with Gasteiger partial charge >= 0.3 is 6.03 Å². The lowest BCUT2D eigenvalue weighted by Gasteiger charge is -2.43. The van der Waals surface area contributed by atoms with Gasteiger partial charge in [0, 0.05) is 44.3 Å². The fraction of sp³-hybridized carbons (Fsp3) is 0.440. The second-order valence-electron chi connectivity index (χ2n) is 8.60. The predicted molar refractivity (Wildman–Crippen MR) is 142 cm³/mol. The van der Waals surface area contributed by atoms with Crippen LogP contribution in [0.3, 0.4) is 0 Å². The van der Waals surface area contributed by atoms with Crippen LogP contribution in [0.15, 0.2) is 59.6 Å². The van der Waals surface area contributed by atoms with Gasteiger partial charge in [-0.15, -0.1) is 24.0 Å². The maximum Gasteiger partial charge on any atom is 0.321 e. The molecule has 2 aromatic rings. The molecule has 2 fully saturated rings. The monoisotopic (exact) mass is 547 g/mol. The molecule has 1 heterocycles. The minimum atomic E-state index is -0.00760. The van der Waals surface area contributed by atoms with Crippen LogP contribution in [-0.2, 0) is 12.0 Å². The van der Waals surface area contributed by atoms with Gasteiger partial charge in [-0.2, -0.15) is 0 Å². The molecule has 0 atom stereocenters. The molecule has 4 rings (SSSR count). The molecule has 0 aromatic heterocycles. The highest BCUT2D eigenvalue weighted by atomic mass is 127. The third kappa shape index (κ3) is 5.94. The maximum atomic E-state index is 12.3. The number of halogens is 1. The van der Waals surface area contributed by atoms with Crippen molar-refractivity contribution in [3.8, 4) is 0 Å². The summed E-state index contributed by atoms with van der Waals surface area (Å²) in [6, 6.07) is 18.8. The van der Waals surface area contributed by atoms with E-state index < -0.39 is 0 Å². The summed E-state index contributed by atoms with van der Waals surface area (Å²) in [6.45, 7) is 3.22. The number of nitrogens with one attached hydrogen (secondary N) is 3. The largest absolute Gasteiger partial charge is 0.356 e. The Kier molecular flexibility index (Phi) is 8.78. The second-order valence-corrected chi connectivity index (χ2v) is 8.60. The number of amides is 2. The molecular formula is C25H34IN5O. The van der Waals surface area contributed by atoms with Gasteiger partial charge in [0.25, 0.3) is 0 Å². The zero-order valence-corrected chi connectivity index (χ0v) is 21.1. The van der Waals surface area contributed by atoms with E-state index in [9.17, 15) is 4.79 Å². The lowest BCUT2D eigenvalue weighted by molar-refractivity contribution is 0.222. The molecule has 0 bridgehead atoms. The Hall–Kier alpha value is -2.29. The van der Waals surface area contributed by atoms with Crippen molar-refractivity contribution in [2.45, 2.75) is 44.1 Å². The molecule has 1 saturated carbocycles. The van der Waals surface area contributed by atoms with Gasteiger partial charge in [0.1, 0.15) is 0 Å². The minimum Gasteiger partial charge on any atom is -0.356 e. The van der Waals surface area contributed by atoms with Crippen LogP contribution < -0.4 is 16.0 Å². The maximum absolute atomic E-state index is 12.3. The van der Waals surface area contributed by atoms with Crippen LogP contribution in [0.1, 0.15) is 43.2 Å². The highest BCUT2D eigenvalue weighted by Crippen LogP contribution is 2.43. The summed E-state index contributed by atoms with van der Waals surface area (Å²) in [7, 11) is 1.80. The quantitative estimate of drug-likeness (QED) is 0.279. The summed E-state index contributed by atoms with van der Waals surface area (Å²) in [6.07, 6.45) is 5.88. The van der Waals surface area contributed by atoms with E-state index in [1.165, 1.54) is 24.8 Å². The normalized spacial score (nSPS) is 17.2. The number of benzene rings is 2. The first-order chi connectivity index (χ1) is 15.2. The molecule has 1 saturated heterocycles. The minimum absolute atomic E-state index is 0. The molecule has 7 heteroatoms. The molecule has 6 nitrogen and oxygen atoms in total. The standard InChI is InChI=1S/C25H33N5O.HI/c1-26-23(28-19-25(13-8-14-25)21-10-3-2-4-11-21)27-18-20-9-7-12-22(17-20)29-24(31)30-15-5-6-16-30;/h2-4,7,9-12,17H,5-6,8,13-16,18-19H2,1H3,(H,29,31)(H2,26,27,28);1H. The number of hydrogen-bond donors (Lipinski definition) is 3. The third-order valence-electron chi connectivity index (χ3n) is 6.55. The number of aliphatic imine (C=N–C) groups is 1. The number of guanidine groups is 1. The van der Waals surface area contributed by atoms with E-state index in [1.54, 1.807) is 7.05 Å². The Balaban J connectivity index is 0.00000289. The van der Waals surface area contributed by atoms with Crippen LogP contribution in [-0.4, -0.2) is 43.6 Å². The number of urea groups is 1. The van der Waals surface area contributed by atoms with Crippen molar-refractivity contribution in [2.75, 3.05) is 32.0 Å². The molecular weight excluding hydrogens is 513 g/mol.